The van der Waals surface area contributed by atoms with Crippen molar-refractivity contribution in [3.05, 3.63) is 71.8 Å². The Labute approximate surface area is 283 Å². The molecule has 11 nitrogen and oxygen atoms in total. The van der Waals surface area contributed by atoms with Crippen LogP contribution in [0.1, 0.15) is 52.8 Å². The number of ether oxygens (including phenoxy) is 1. The Balaban J connectivity index is 1.14. The first kappa shape index (κ1) is 31.1. The second-order valence-corrected chi connectivity index (χ2v) is 13.8. The fourth-order valence-electron chi connectivity index (χ4n) is 7.84. The largest absolute Gasteiger partial charge is 0.494 e. The van der Waals surface area contributed by atoms with Crippen LogP contribution in [0.2, 0.25) is 0 Å². The molecule has 5 aromatic rings. The number of carbonyl (C=O) groups excluding carboxylic acids is 2. The number of likely N-dealkylation sites (tertiary alicyclic amines) is 1. The van der Waals surface area contributed by atoms with Crippen molar-refractivity contribution >= 4 is 39.7 Å². The molecule has 49 heavy (non-hydrogen) atoms. The van der Waals surface area contributed by atoms with Gasteiger partial charge >= 0.3 is 5.97 Å². The number of nitrogens with one attached hydrogen (secondary N) is 1. The van der Waals surface area contributed by atoms with E-state index in [0.717, 1.165) is 58.5 Å². The highest BCUT2D eigenvalue weighted by Crippen LogP contribution is 2.41. The second kappa shape index (κ2) is 12.1. The quantitative estimate of drug-likeness (QED) is 0.190. The third-order valence-corrected chi connectivity index (χ3v) is 10.7. The molecular weight excluding hydrogens is 620 g/mol. The van der Waals surface area contributed by atoms with Gasteiger partial charge in [0.05, 0.1) is 24.7 Å². The lowest BCUT2D eigenvalue weighted by molar-refractivity contribution is -0.136. The Hall–Kier alpha value is -5.16. The summed E-state index contributed by atoms with van der Waals surface area (Å²) in [5, 5.41) is 12.6. The summed E-state index contributed by atoms with van der Waals surface area (Å²) in [6.45, 7) is 1.66. The molecule has 4 N–H and O–H groups in total. The number of benzene rings is 3. The molecule has 3 atom stereocenters. The molecule has 3 unspecified atom stereocenters. The Morgan fingerprint density at radius 2 is 1.76 bits per heavy atom. The molecule has 2 amide bonds. The molecule has 2 aromatic heterocycles. The lowest BCUT2D eigenvalue weighted by atomic mass is 10.0. The number of methoxy groups -OCH3 is 1. The number of rotatable bonds is 10. The average Bonchev–Trinajstić information content (AvgIpc) is 3.51. The van der Waals surface area contributed by atoms with Crippen molar-refractivity contribution in [1.29, 1.82) is 0 Å². The van der Waals surface area contributed by atoms with E-state index in [2.05, 4.69) is 38.7 Å². The standard InChI is InChI=1S/C38H40N6O5/c1-42-35-28(15-27(18-32(35)49-2)38(48)44-20-26-11-12-29(44)34(26)39)41-36(42)31-17-25-10-9-24(16-30(25)43(31)19-21-3-4-21)22-5-7-23(8-6-22)37(47)40-14-13-33(45)46/h5-10,15-18,21,26,29,34H,3-4,11-14,19-20,39H2,1-2H3,(H,40,47)(H,45,46). The van der Waals surface area contributed by atoms with Crippen LogP contribution >= 0.6 is 0 Å². The number of carboxylic acids is 1. The number of hydrogen-bond donors (Lipinski definition) is 3. The number of carboxylic acid groups (broad SMARTS) is 1. The minimum absolute atomic E-state index is 0.0164. The fraction of sp³-hybridized carbons (Fsp3) is 0.368. The third kappa shape index (κ3) is 5.51. The molecule has 8 rings (SSSR count). The predicted octanol–water partition coefficient (Wildman–Crippen LogP) is 5.05. The summed E-state index contributed by atoms with van der Waals surface area (Å²) < 4.78 is 10.3. The Morgan fingerprint density at radius 1 is 0.980 bits per heavy atom. The van der Waals surface area contributed by atoms with Crippen molar-refractivity contribution in [2.75, 3.05) is 20.2 Å². The molecule has 3 heterocycles. The molecule has 3 aromatic carbocycles. The van der Waals surface area contributed by atoms with E-state index in [1.165, 1.54) is 12.8 Å². The maximum absolute atomic E-state index is 13.8. The first-order chi connectivity index (χ1) is 23.7. The van der Waals surface area contributed by atoms with Gasteiger partial charge in [0.15, 0.2) is 5.82 Å². The number of imidazole rings is 1. The van der Waals surface area contributed by atoms with Gasteiger partial charge < -0.3 is 34.9 Å². The van der Waals surface area contributed by atoms with Crippen LogP contribution in [-0.2, 0) is 18.4 Å². The summed E-state index contributed by atoms with van der Waals surface area (Å²) in [7, 11) is 3.63. The zero-order chi connectivity index (χ0) is 34.0. The summed E-state index contributed by atoms with van der Waals surface area (Å²) in [6.07, 6.45) is 4.30. The number of aryl methyl sites for hydroxylation is 1. The van der Waals surface area contributed by atoms with E-state index in [0.29, 0.717) is 40.8 Å². The van der Waals surface area contributed by atoms with Gasteiger partial charge in [0.25, 0.3) is 11.8 Å². The number of nitrogens with zero attached hydrogens (tertiary/aromatic N) is 4. The molecule has 0 spiro atoms. The Bertz CT molecular complexity index is 2130. The Kier molecular flexibility index (Phi) is 7.66. The van der Waals surface area contributed by atoms with E-state index in [1.54, 1.807) is 19.2 Å². The highest BCUT2D eigenvalue weighted by molar-refractivity contribution is 6.01. The van der Waals surface area contributed by atoms with Crippen molar-refractivity contribution < 1.29 is 24.2 Å². The average molecular weight is 661 g/mol. The van der Waals surface area contributed by atoms with Crippen LogP contribution < -0.4 is 15.8 Å². The summed E-state index contributed by atoms with van der Waals surface area (Å²) in [6, 6.07) is 19.8. The lowest BCUT2D eigenvalue weighted by Crippen LogP contribution is -2.41. The van der Waals surface area contributed by atoms with Crippen LogP contribution in [0.5, 0.6) is 5.75 Å². The molecule has 1 saturated heterocycles. The van der Waals surface area contributed by atoms with Crippen LogP contribution in [0.4, 0.5) is 0 Å². The highest BCUT2D eigenvalue weighted by Gasteiger charge is 2.47. The van der Waals surface area contributed by atoms with Gasteiger partial charge in [-0.2, -0.15) is 0 Å². The monoisotopic (exact) mass is 660 g/mol. The maximum Gasteiger partial charge on any atom is 0.305 e. The molecule has 2 bridgehead atoms. The zero-order valence-corrected chi connectivity index (χ0v) is 27.7. The normalized spacial score (nSPS) is 20.0. The summed E-state index contributed by atoms with van der Waals surface area (Å²) in [4.78, 5) is 44.1. The van der Waals surface area contributed by atoms with Gasteiger partial charge in [0, 0.05) is 60.8 Å². The van der Waals surface area contributed by atoms with Gasteiger partial charge in [-0.15, -0.1) is 0 Å². The zero-order valence-electron chi connectivity index (χ0n) is 27.7. The van der Waals surface area contributed by atoms with Crippen LogP contribution in [0.15, 0.2) is 60.7 Å². The summed E-state index contributed by atoms with van der Waals surface area (Å²) in [5.74, 6) is 1.13. The van der Waals surface area contributed by atoms with E-state index in [-0.39, 0.29) is 36.9 Å². The molecule has 1 aliphatic heterocycles. The summed E-state index contributed by atoms with van der Waals surface area (Å²) >= 11 is 0. The Morgan fingerprint density at radius 3 is 2.43 bits per heavy atom. The van der Waals surface area contributed by atoms with Gasteiger partial charge in [-0.25, -0.2) is 4.98 Å². The molecular formula is C38H40N6O5. The number of amides is 2. The lowest BCUT2D eigenvalue weighted by Gasteiger charge is -2.27. The van der Waals surface area contributed by atoms with Crippen LogP contribution in [0, 0.1) is 11.8 Å². The van der Waals surface area contributed by atoms with Crippen LogP contribution in [0.3, 0.4) is 0 Å². The van der Waals surface area contributed by atoms with Gasteiger partial charge in [-0.3, -0.25) is 14.4 Å². The molecule has 11 heteroatoms. The van der Waals surface area contributed by atoms with Gasteiger partial charge in [0.2, 0.25) is 0 Å². The summed E-state index contributed by atoms with van der Waals surface area (Å²) in [5.41, 5.74) is 13.1. The van der Waals surface area contributed by atoms with E-state index in [4.69, 9.17) is 20.6 Å². The van der Waals surface area contributed by atoms with E-state index in [1.807, 2.05) is 36.2 Å². The molecule has 2 saturated carbocycles. The fourth-order valence-corrected chi connectivity index (χ4v) is 7.84. The van der Waals surface area contributed by atoms with Gasteiger partial charge in [-0.05, 0) is 85.0 Å². The van der Waals surface area contributed by atoms with E-state index in [9.17, 15) is 14.4 Å². The number of hydrogen-bond acceptors (Lipinski definition) is 6. The van der Waals surface area contributed by atoms with Crippen molar-refractivity contribution in [2.24, 2.45) is 24.6 Å². The first-order valence-electron chi connectivity index (χ1n) is 17.0. The van der Waals surface area contributed by atoms with E-state index >= 15 is 0 Å². The van der Waals surface area contributed by atoms with E-state index < -0.39 is 5.97 Å². The van der Waals surface area contributed by atoms with Crippen LogP contribution in [-0.4, -0.2) is 74.2 Å². The highest BCUT2D eigenvalue weighted by atomic mass is 16.5. The third-order valence-electron chi connectivity index (χ3n) is 10.7. The van der Waals surface area contributed by atoms with Gasteiger partial charge in [-0.1, -0.05) is 24.3 Å². The molecule has 3 aliphatic rings. The topological polar surface area (TPSA) is 145 Å². The number of carbonyl (C=O) groups is 3. The molecule has 0 radical (unpaired) electrons. The number of aromatic nitrogens is 3. The molecule has 3 fully saturated rings. The molecule has 252 valence electrons. The van der Waals surface area contributed by atoms with Crippen LogP contribution in [0.25, 0.3) is 44.6 Å². The van der Waals surface area contributed by atoms with Gasteiger partial charge in [0.1, 0.15) is 11.3 Å². The second-order valence-electron chi connectivity index (χ2n) is 13.8. The maximum atomic E-state index is 13.8. The predicted molar refractivity (Wildman–Crippen MR) is 186 cm³/mol. The van der Waals surface area contributed by atoms with Crippen molar-refractivity contribution in [1.82, 2.24) is 24.3 Å². The SMILES string of the molecule is COc1cc(C(=O)N2CC3CCC2C3N)cc2nc(-c3cc4ccc(-c5ccc(C(=O)NCCC(=O)O)cc5)cc4n3CC3CC3)n(C)c12. The smallest absolute Gasteiger partial charge is 0.305 e. The minimum Gasteiger partial charge on any atom is -0.494 e. The first-order valence-corrected chi connectivity index (χ1v) is 17.0. The number of aliphatic carboxylic acids is 1. The van der Waals surface area contributed by atoms with Crippen molar-refractivity contribution in [3.63, 3.8) is 0 Å². The number of fused-ring (bicyclic) bond motifs is 4. The number of piperidine rings is 1. The van der Waals surface area contributed by atoms with Crippen molar-refractivity contribution in [3.8, 4) is 28.4 Å². The molecule has 2 aliphatic carbocycles. The van der Waals surface area contributed by atoms with Crippen molar-refractivity contribution in [2.45, 2.75) is 50.7 Å². The minimum atomic E-state index is -0.951. The number of nitrogens with two attached hydrogens (primary N) is 1.